The Hall–Kier alpha value is -3.72. The van der Waals surface area contributed by atoms with Crippen LogP contribution in [0.15, 0.2) is 54.6 Å². The normalized spacial score (nSPS) is 11.9. The first-order valence-electron chi connectivity index (χ1n) is 13.0. The highest BCUT2D eigenvalue weighted by Gasteiger charge is 2.31. The van der Waals surface area contributed by atoms with Gasteiger partial charge in [0.05, 0.1) is 5.56 Å². The molecule has 212 valence electrons. The molecule has 0 amide bonds. The van der Waals surface area contributed by atoms with Gasteiger partial charge in [-0.1, -0.05) is 61.3 Å². The number of rotatable bonds is 8. The minimum absolute atomic E-state index is 0.129. The fourth-order valence-electron chi connectivity index (χ4n) is 3.94. The van der Waals surface area contributed by atoms with Crippen LogP contribution < -0.4 is 5.32 Å². The maximum Gasteiger partial charge on any atom is 0.416 e. The third-order valence-corrected chi connectivity index (χ3v) is 6.59. The van der Waals surface area contributed by atoms with Gasteiger partial charge in [0.15, 0.2) is 11.6 Å². The van der Waals surface area contributed by atoms with Gasteiger partial charge < -0.3 is 5.32 Å². The Kier molecular flexibility index (Phi) is 10.5. The first-order valence-corrected chi connectivity index (χ1v) is 13.3. The fraction of sp³-hybridized carbons (Fsp3) is 0.333. The van der Waals surface area contributed by atoms with Crippen molar-refractivity contribution in [2.24, 2.45) is 5.92 Å². The van der Waals surface area contributed by atoms with Gasteiger partial charge >= 0.3 is 6.18 Å². The largest absolute Gasteiger partial charge is 0.416 e. The average molecular weight is 572 g/mol. The number of hydrogen-bond acceptors (Lipinski definition) is 5. The lowest BCUT2D eigenvalue weighted by molar-refractivity contribution is -0.137. The lowest BCUT2D eigenvalue weighted by atomic mass is 9.96. The smallest absolute Gasteiger partial charge is 0.323 e. The van der Waals surface area contributed by atoms with Crippen LogP contribution in [0.3, 0.4) is 0 Å². The summed E-state index contributed by atoms with van der Waals surface area (Å²) >= 11 is 5.95. The van der Waals surface area contributed by atoms with Gasteiger partial charge in [-0.2, -0.15) is 18.3 Å². The SMILES string of the molecule is CCC(C)C(=O)c1cccc(C(F)(F)F)c1.Cc1ccc(C)c(CCc2cc(Nc3cc(Cl)nc(C)n3)n[nH]2)c1. The summed E-state index contributed by atoms with van der Waals surface area (Å²) in [6, 6.07) is 14.8. The summed E-state index contributed by atoms with van der Waals surface area (Å²) in [7, 11) is 0. The number of aryl methyl sites for hydroxylation is 5. The van der Waals surface area contributed by atoms with Gasteiger partial charge in [-0.15, -0.1) is 0 Å². The molecule has 0 spiro atoms. The molecular weight excluding hydrogens is 539 g/mol. The molecule has 2 aromatic carbocycles. The number of benzene rings is 2. The number of halogens is 4. The molecule has 1 atom stereocenters. The summed E-state index contributed by atoms with van der Waals surface area (Å²) < 4.78 is 37.2. The number of alkyl halides is 3. The molecule has 10 heteroatoms. The second kappa shape index (κ2) is 13.6. The van der Waals surface area contributed by atoms with Crippen LogP contribution in [-0.2, 0) is 19.0 Å². The Bertz CT molecular complexity index is 1430. The monoisotopic (exact) mass is 571 g/mol. The van der Waals surface area contributed by atoms with Crippen LogP contribution >= 0.6 is 11.6 Å². The Labute approximate surface area is 237 Å². The maximum absolute atomic E-state index is 12.4. The van der Waals surface area contributed by atoms with Crippen LogP contribution in [0.2, 0.25) is 5.15 Å². The number of nitrogens with zero attached hydrogens (tertiary/aromatic N) is 3. The molecule has 1 unspecified atom stereocenters. The highest BCUT2D eigenvalue weighted by molar-refractivity contribution is 6.29. The van der Waals surface area contributed by atoms with Gasteiger partial charge in [0.1, 0.15) is 16.8 Å². The van der Waals surface area contributed by atoms with E-state index in [2.05, 4.69) is 57.5 Å². The van der Waals surface area contributed by atoms with Crippen LogP contribution in [0.25, 0.3) is 0 Å². The molecule has 40 heavy (non-hydrogen) atoms. The Morgan fingerprint density at radius 3 is 2.42 bits per heavy atom. The van der Waals surface area contributed by atoms with Gasteiger partial charge in [0.2, 0.25) is 0 Å². The minimum atomic E-state index is -4.40. The van der Waals surface area contributed by atoms with Crippen LogP contribution in [0, 0.1) is 26.7 Å². The van der Waals surface area contributed by atoms with Crippen LogP contribution in [0.4, 0.5) is 24.8 Å². The molecule has 0 aliphatic carbocycles. The molecule has 0 aliphatic rings. The van der Waals surface area contributed by atoms with Crippen LogP contribution in [-0.4, -0.2) is 25.9 Å². The number of carbonyl (C=O) groups is 1. The highest BCUT2D eigenvalue weighted by Crippen LogP contribution is 2.30. The summed E-state index contributed by atoms with van der Waals surface area (Å²) in [4.78, 5) is 20.0. The van der Waals surface area contributed by atoms with Gasteiger partial charge in [0, 0.05) is 29.3 Å². The zero-order valence-electron chi connectivity index (χ0n) is 23.2. The molecule has 2 aromatic heterocycles. The van der Waals surface area contributed by atoms with Crippen molar-refractivity contribution >= 4 is 29.0 Å². The number of H-pyrrole nitrogens is 1. The highest BCUT2D eigenvalue weighted by atomic mass is 35.5. The fourth-order valence-corrected chi connectivity index (χ4v) is 4.16. The maximum atomic E-state index is 12.4. The van der Waals surface area contributed by atoms with E-state index in [1.54, 1.807) is 19.9 Å². The average Bonchev–Trinajstić information content (AvgIpc) is 3.34. The summed E-state index contributed by atoms with van der Waals surface area (Å²) in [5, 5.41) is 10.9. The zero-order chi connectivity index (χ0) is 29.4. The van der Waals surface area contributed by atoms with Crippen molar-refractivity contribution in [1.82, 2.24) is 20.2 Å². The van der Waals surface area contributed by atoms with E-state index in [0.29, 0.717) is 23.2 Å². The van der Waals surface area contributed by atoms with E-state index in [1.165, 1.54) is 28.8 Å². The number of aromatic amines is 1. The molecule has 2 heterocycles. The molecule has 0 fully saturated rings. The first-order chi connectivity index (χ1) is 18.8. The van der Waals surface area contributed by atoms with Gasteiger partial charge in [-0.25, -0.2) is 9.97 Å². The molecule has 0 bridgehead atoms. The lowest BCUT2D eigenvalue weighted by Crippen LogP contribution is -2.12. The summed E-state index contributed by atoms with van der Waals surface area (Å²) in [5.74, 6) is 1.49. The van der Waals surface area contributed by atoms with E-state index in [0.717, 1.165) is 36.5 Å². The molecule has 2 N–H and O–H groups in total. The lowest BCUT2D eigenvalue weighted by Gasteiger charge is -2.10. The van der Waals surface area contributed by atoms with Crippen molar-refractivity contribution < 1.29 is 18.0 Å². The van der Waals surface area contributed by atoms with E-state index in [9.17, 15) is 18.0 Å². The molecule has 0 saturated carbocycles. The zero-order valence-corrected chi connectivity index (χ0v) is 23.9. The van der Waals surface area contributed by atoms with E-state index in [4.69, 9.17) is 11.6 Å². The first kappa shape index (κ1) is 30.8. The van der Waals surface area contributed by atoms with Crippen LogP contribution in [0.1, 0.15) is 64.4 Å². The molecule has 4 aromatic rings. The number of aromatic nitrogens is 4. The van der Waals surface area contributed by atoms with Gasteiger partial charge in [-0.05, 0) is 63.3 Å². The van der Waals surface area contributed by atoms with Crippen molar-refractivity contribution in [2.75, 3.05) is 5.32 Å². The number of Topliss-reactive ketones (excluding diaryl/α,β-unsaturated/α-hetero) is 1. The number of anilines is 2. The number of hydrogen-bond donors (Lipinski definition) is 2. The molecule has 6 nitrogen and oxygen atoms in total. The van der Waals surface area contributed by atoms with Crippen molar-refractivity contribution in [1.29, 1.82) is 0 Å². The molecule has 4 rings (SSSR count). The Morgan fingerprint density at radius 1 is 1.00 bits per heavy atom. The van der Waals surface area contributed by atoms with E-state index in [-0.39, 0.29) is 17.3 Å². The van der Waals surface area contributed by atoms with Crippen LogP contribution in [0.5, 0.6) is 0 Å². The Balaban J connectivity index is 0.000000241. The van der Waals surface area contributed by atoms with E-state index < -0.39 is 11.7 Å². The third-order valence-electron chi connectivity index (χ3n) is 6.40. The third kappa shape index (κ3) is 8.91. The van der Waals surface area contributed by atoms with Crippen molar-refractivity contribution in [3.63, 3.8) is 0 Å². The topological polar surface area (TPSA) is 83.6 Å². The van der Waals surface area contributed by atoms with Crippen molar-refractivity contribution in [3.05, 3.63) is 99.1 Å². The van der Waals surface area contributed by atoms with Crippen molar-refractivity contribution in [3.8, 4) is 0 Å². The van der Waals surface area contributed by atoms with E-state index >= 15 is 0 Å². The molecular formula is C30H33ClF3N5O. The summed E-state index contributed by atoms with van der Waals surface area (Å²) in [5.41, 5.74) is 4.42. The molecule has 0 aliphatic heterocycles. The second-order valence-electron chi connectivity index (χ2n) is 9.71. The molecule has 0 radical (unpaired) electrons. The minimum Gasteiger partial charge on any atom is -0.323 e. The molecule has 0 saturated heterocycles. The quantitative estimate of drug-likeness (QED) is 0.164. The van der Waals surface area contributed by atoms with E-state index in [1.807, 2.05) is 13.0 Å². The number of carbonyl (C=O) groups excluding carboxylic acids is 1. The standard InChI is InChI=1S/C18H20ClN5.C12H13F3O/c1-11-4-5-12(2)14(8-11)6-7-15-9-18(24-23-15)22-17-10-16(19)20-13(3)21-17;1-3-8(2)11(16)9-5-4-6-10(7-9)12(13,14)15/h4-5,8-10H,6-7H2,1-3H3,(H2,20,21,22,23,24);4-8H,3H2,1-2H3. The predicted octanol–water partition coefficient (Wildman–Crippen LogP) is 8.24. The predicted molar refractivity (Wildman–Crippen MR) is 152 cm³/mol. The number of ketones is 1. The Morgan fingerprint density at radius 2 is 1.75 bits per heavy atom. The summed E-state index contributed by atoms with van der Waals surface area (Å²) in [6.45, 7) is 9.61. The summed E-state index contributed by atoms with van der Waals surface area (Å²) in [6.07, 6.45) is -1.89. The van der Waals surface area contributed by atoms with Gasteiger partial charge in [-0.3, -0.25) is 9.89 Å². The number of nitrogens with one attached hydrogen (secondary N) is 2. The van der Waals surface area contributed by atoms with Gasteiger partial charge in [0.25, 0.3) is 0 Å². The van der Waals surface area contributed by atoms with Crippen molar-refractivity contribution in [2.45, 2.75) is 60.1 Å². The second-order valence-corrected chi connectivity index (χ2v) is 10.1.